The second-order valence-electron chi connectivity index (χ2n) is 4.39. The number of benzene rings is 1. The molecule has 0 saturated heterocycles. The zero-order valence-corrected chi connectivity index (χ0v) is 14.2. The van der Waals surface area contributed by atoms with E-state index in [0.29, 0.717) is 11.5 Å². The van der Waals surface area contributed by atoms with Gasteiger partial charge in [-0.25, -0.2) is 0 Å². The Morgan fingerprint density at radius 3 is 2.86 bits per heavy atom. The molecule has 0 aliphatic heterocycles. The Morgan fingerprint density at radius 1 is 1.41 bits per heavy atom. The molecule has 0 unspecified atom stereocenters. The fraction of sp³-hybridized carbons (Fsp3) is 0.357. The Balaban J connectivity index is 1.98. The number of rotatable bonds is 7. The molecule has 2 aromatic rings. The van der Waals surface area contributed by atoms with Crippen LogP contribution in [0.15, 0.2) is 28.0 Å². The summed E-state index contributed by atoms with van der Waals surface area (Å²) >= 11 is 2.78. The zero-order chi connectivity index (χ0) is 15.9. The number of ether oxygens (including phenoxy) is 2. The van der Waals surface area contributed by atoms with Gasteiger partial charge in [-0.3, -0.25) is 4.79 Å². The van der Waals surface area contributed by atoms with Crippen molar-refractivity contribution in [2.75, 3.05) is 20.0 Å². The van der Waals surface area contributed by atoms with Gasteiger partial charge in [0.05, 0.1) is 26.0 Å². The number of methoxy groups -OCH3 is 2. The van der Waals surface area contributed by atoms with Gasteiger partial charge in [-0.2, -0.15) is 0 Å². The van der Waals surface area contributed by atoms with Crippen LogP contribution < -0.4 is 14.8 Å². The number of carbonyl (C=O) groups excluding carboxylic acids is 1. The van der Waals surface area contributed by atoms with E-state index in [1.165, 1.54) is 23.1 Å². The Kier molecular flexibility index (Phi) is 6.02. The van der Waals surface area contributed by atoms with Crippen molar-refractivity contribution in [3.63, 3.8) is 0 Å². The molecule has 1 amide bonds. The predicted octanol–water partition coefficient (Wildman–Crippen LogP) is 2.52. The van der Waals surface area contributed by atoms with Gasteiger partial charge in [0.25, 0.3) is 0 Å². The van der Waals surface area contributed by atoms with Crippen molar-refractivity contribution >= 4 is 29.0 Å². The first-order valence-corrected chi connectivity index (χ1v) is 8.40. The highest BCUT2D eigenvalue weighted by atomic mass is 32.2. The lowest BCUT2D eigenvalue weighted by Gasteiger charge is -2.18. The summed E-state index contributed by atoms with van der Waals surface area (Å²) in [6, 6.07) is 5.32. The maximum Gasteiger partial charge on any atom is 0.230 e. The fourth-order valence-electron chi connectivity index (χ4n) is 1.89. The van der Waals surface area contributed by atoms with Gasteiger partial charge < -0.3 is 14.8 Å². The normalized spacial score (nSPS) is 11.8. The number of nitrogens with zero attached hydrogens (tertiary/aromatic N) is 2. The van der Waals surface area contributed by atoms with Crippen molar-refractivity contribution in [2.45, 2.75) is 17.3 Å². The van der Waals surface area contributed by atoms with Crippen molar-refractivity contribution in [1.82, 2.24) is 15.5 Å². The fourth-order valence-corrected chi connectivity index (χ4v) is 3.19. The highest BCUT2D eigenvalue weighted by Gasteiger charge is 2.15. The van der Waals surface area contributed by atoms with Crippen molar-refractivity contribution in [3.05, 3.63) is 29.3 Å². The summed E-state index contributed by atoms with van der Waals surface area (Å²) < 4.78 is 11.3. The van der Waals surface area contributed by atoms with Gasteiger partial charge in [-0.15, -0.1) is 10.2 Å². The van der Waals surface area contributed by atoms with Gasteiger partial charge in [0, 0.05) is 5.56 Å². The summed E-state index contributed by atoms with van der Waals surface area (Å²) in [6.07, 6.45) is 0. The Morgan fingerprint density at radius 2 is 2.23 bits per heavy atom. The number of amides is 1. The Labute approximate surface area is 137 Å². The number of carbonyl (C=O) groups is 1. The molecule has 0 saturated carbocycles. The predicted molar refractivity (Wildman–Crippen MR) is 86.7 cm³/mol. The van der Waals surface area contributed by atoms with Gasteiger partial charge in [0.2, 0.25) is 5.91 Å². The summed E-state index contributed by atoms with van der Waals surface area (Å²) in [5, 5.41) is 10.6. The highest BCUT2D eigenvalue weighted by molar-refractivity contribution is 8.01. The van der Waals surface area contributed by atoms with Crippen LogP contribution in [0.4, 0.5) is 0 Å². The molecule has 2 rings (SSSR count). The first kappa shape index (κ1) is 16.6. The van der Waals surface area contributed by atoms with E-state index in [-0.39, 0.29) is 11.9 Å². The van der Waals surface area contributed by atoms with Crippen LogP contribution in [0.25, 0.3) is 0 Å². The first-order chi connectivity index (χ1) is 10.6. The van der Waals surface area contributed by atoms with E-state index in [2.05, 4.69) is 15.5 Å². The first-order valence-electron chi connectivity index (χ1n) is 6.54. The third kappa shape index (κ3) is 4.35. The minimum Gasteiger partial charge on any atom is -0.497 e. The van der Waals surface area contributed by atoms with E-state index in [9.17, 15) is 4.79 Å². The molecule has 6 nitrogen and oxygen atoms in total. The lowest BCUT2D eigenvalue weighted by Crippen LogP contribution is -2.28. The topological polar surface area (TPSA) is 73.3 Å². The SMILES string of the molecule is COc1ccc(OC)c([C@H](C)NC(=O)CSc2nncs2)c1. The van der Waals surface area contributed by atoms with E-state index in [1.807, 2.05) is 25.1 Å². The molecule has 22 heavy (non-hydrogen) atoms. The van der Waals surface area contributed by atoms with Crippen LogP contribution in [0.1, 0.15) is 18.5 Å². The zero-order valence-electron chi connectivity index (χ0n) is 12.5. The molecular weight excluding hydrogens is 322 g/mol. The maximum atomic E-state index is 12.0. The molecule has 1 aromatic heterocycles. The minimum atomic E-state index is -0.187. The molecule has 1 atom stereocenters. The van der Waals surface area contributed by atoms with Crippen molar-refractivity contribution < 1.29 is 14.3 Å². The summed E-state index contributed by atoms with van der Waals surface area (Å²) in [5.74, 6) is 1.66. The average molecular weight is 339 g/mol. The molecule has 8 heteroatoms. The standard InChI is InChI=1S/C14H17N3O3S2/c1-9(11-6-10(19-2)4-5-12(11)20-3)16-13(18)7-21-14-17-15-8-22-14/h4-6,8-9H,7H2,1-3H3,(H,16,18)/t9-/m0/s1. The maximum absolute atomic E-state index is 12.0. The van der Waals surface area contributed by atoms with Crippen LogP contribution >= 0.6 is 23.1 Å². The monoisotopic (exact) mass is 339 g/mol. The van der Waals surface area contributed by atoms with Gasteiger partial charge in [0.1, 0.15) is 17.0 Å². The van der Waals surface area contributed by atoms with Gasteiger partial charge in [0.15, 0.2) is 4.34 Å². The molecule has 0 aliphatic carbocycles. The third-order valence-electron chi connectivity index (χ3n) is 2.95. The molecule has 1 aromatic carbocycles. The highest BCUT2D eigenvalue weighted by Crippen LogP contribution is 2.29. The molecule has 1 N–H and O–H groups in total. The van der Waals surface area contributed by atoms with Crippen LogP contribution in [-0.2, 0) is 4.79 Å². The lowest BCUT2D eigenvalue weighted by atomic mass is 10.1. The number of hydrogen-bond acceptors (Lipinski definition) is 7. The van der Waals surface area contributed by atoms with Crippen molar-refractivity contribution in [2.24, 2.45) is 0 Å². The number of aromatic nitrogens is 2. The van der Waals surface area contributed by atoms with Gasteiger partial charge in [-0.05, 0) is 25.1 Å². The molecular formula is C14H17N3O3S2. The molecule has 0 fully saturated rings. The summed E-state index contributed by atoms with van der Waals surface area (Å²) in [7, 11) is 3.21. The molecule has 0 spiro atoms. The second-order valence-corrected chi connectivity index (χ2v) is 6.45. The quantitative estimate of drug-likeness (QED) is 0.782. The van der Waals surface area contributed by atoms with Gasteiger partial charge >= 0.3 is 0 Å². The molecule has 1 heterocycles. The van der Waals surface area contributed by atoms with E-state index in [1.54, 1.807) is 19.7 Å². The largest absolute Gasteiger partial charge is 0.497 e. The Bertz CT molecular complexity index is 620. The van der Waals surface area contributed by atoms with Crippen LogP contribution in [0.2, 0.25) is 0 Å². The van der Waals surface area contributed by atoms with Crippen LogP contribution in [-0.4, -0.2) is 36.1 Å². The van der Waals surface area contributed by atoms with E-state index >= 15 is 0 Å². The van der Waals surface area contributed by atoms with Crippen LogP contribution in [0, 0.1) is 0 Å². The van der Waals surface area contributed by atoms with Crippen LogP contribution in [0.5, 0.6) is 11.5 Å². The number of nitrogens with one attached hydrogen (secondary N) is 1. The molecule has 118 valence electrons. The van der Waals surface area contributed by atoms with Crippen LogP contribution in [0.3, 0.4) is 0 Å². The lowest BCUT2D eigenvalue weighted by molar-refractivity contribution is -0.119. The van der Waals surface area contributed by atoms with E-state index in [4.69, 9.17) is 9.47 Å². The molecule has 0 aliphatic rings. The van der Waals surface area contributed by atoms with Crippen molar-refractivity contribution in [1.29, 1.82) is 0 Å². The summed E-state index contributed by atoms with van der Waals surface area (Å²) in [5.41, 5.74) is 2.51. The molecule has 0 bridgehead atoms. The summed E-state index contributed by atoms with van der Waals surface area (Å²) in [6.45, 7) is 1.91. The van der Waals surface area contributed by atoms with Crippen molar-refractivity contribution in [3.8, 4) is 11.5 Å². The smallest absolute Gasteiger partial charge is 0.230 e. The van der Waals surface area contributed by atoms with E-state index in [0.717, 1.165) is 15.7 Å². The Hall–Kier alpha value is -1.80. The average Bonchev–Trinajstić information content (AvgIpc) is 3.05. The number of hydrogen-bond donors (Lipinski definition) is 1. The third-order valence-corrected chi connectivity index (χ3v) is 4.81. The molecule has 0 radical (unpaired) electrons. The van der Waals surface area contributed by atoms with Gasteiger partial charge in [-0.1, -0.05) is 23.1 Å². The summed E-state index contributed by atoms with van der Waals surface area (Å²) in [4.78, 5) is 12.0. The van der Waals surface area contributed by atoms with E-state index < -0.39 is 0 Å². The minimum absolute atomic E-state index is 0.0717. The second kappa shape index (κ2) is 8.00. The number of thioether (sulfide) groups is 1.